The van der Waals surface area contributed by atoms with Crippen molar-refractivity contribution >= 4 is 0 Å². The molecule has 1 aromatic carbocycles. The van der Waals surface area contributed by atoms with Gasteiger partial charge in [-0.25, -0.2) is 0 Å². The summed E-state index contributed by atoms with van der Waals surface area (Å²) in [7, 11) is 0. The SMILES string of the molecule is CC(NC(CCO)C(C)C)c1ccc2c(c1)CCCC2. The molecule has 1 aliphatic rings. The van der Waals surface area contributed by atoms with Gasteiger partial charge in [-0.15, -0.1) is 0 Å². The summed E-state index contributed by atoms with van der Waals surface area (Å²) in [6, 6.07) is 7.71. The minimum atomic E-state index is 0.257. The van der Waals surface area contributed by atoms with E-state index in [1.807, 2.05) is 0 Å². The normalized spacial score (nSPS) is 17.9. The van der Waals surface area contributed by atoms with Gasteiger partial charge in [0.15, 0.2) is 0 Å². The van der Waals surface area contributed by atoms with Gasteiger partial charge in [0.2, 0.25) is 0 Å². The summed E-state index contributed by atoms with van der Waals surface area (Å²) in [5.74, 6) is 0.544. The third kappa shape index (κ3) is 3.83. The first-order valence-electron chi connectivity index (χ1n) is 8.10. The van der Waals surface area contributed by atoms with E-state index in [0.29, 0.717) is 18.0 Å². The van der Waals surface area contributed by atoms with Gasteiger partial charge in [0, 0.05) is 18.7 Å². The van der Waals surface area contributed by atoms with Crippen molar-refractivity contribution in [1.82, 2.24) is 5.32 Å². The first kappa shape index (κ1) is 15.5. The van der Waals surface area contributed by atoms with Crippen molar-refractivity contribution in [3.05, 3.63) is 34.9 Å². The Labute approximate surface area is 123 Å². The summed E-state index contributed by atoms with van der Waals surface area (Å²) in [4.78, 5) is 0. The number of aliphatic hydroxyl groups excluding tert-OH is 1. The van der Waals surface area contributed by atoms with Crippen LogP contribution in [0.1, 0.15) is 62.8 Å². The number of hydrogen-bond acceptors (Lipinski definition) is 2. The lowest BCUT2D eigenvalue weighted by atomic mass is 9.89. The first-order valence-corrected chi connectivity index (χ1v) is 8.10. The predicted molar refractivity (Wildman–Crippen MR) is 85.0 cm³/mol. The summed E-state index contributed by atoms with van der Waals surface area (Å²) in [6.07, 6.45) is 5.98. The molecule has 0 aromatic heterocycles. The number of aliphatic hydroxyl groups is 1. The second-order valence-electron chi connectivity index (χ2n) is 6.49. The Morgan fingerprint density at radius 3 is 2.45 bits per heavy atom. The molecule has 2 unspecified atom stereocenters. The summed E-state index contributed by atoms with van der Waals surface area (Å²) < 4.78 is 0. The maximum Gasteiger partial charge on any atom is 0.0445 e. The van der Waals surface area contributed by atoms with Crippen LogP contribution in [0.25, 0.3) is 0 Å². The van der Waals surface area contributed by atoms with Crippen LogP contribution < -0.4 is 5.32 Å². The van der Waals surface area contributed by atoms with E-state index in [-0.39, 0.29) is 6.61 Å². The number of fused-ring (bicyclic) bond motifs is 1. The highest BCUT2D eigenvalue weighted by Gasteiger charge is 2.17. The Kier molecular flexibility index (Phi) is 5.62. The summed E-state index contributed by atoms with van der Waals surface area (Å²) in [6.45, 7) is 6.92. The van der Waals surface area contributed by atoms with Crippen molar-refractivity contribution < 1.29 is 5.11 Å². The third-order valence-electron chi connectivity index (χ3n) is 4.58. The fraction of sp³-hybridized carbons (Fsp3) is 0.667. The molecule has 0 aliphatic heterocycles. The van der Waals surface area contributed by atoms with Crippen molar-refractivity contribution in [2.24, 2.45) is 5.92 Å². The molecule has 2 nitrogen and oxygen atoms in total. The van der Waals surface area contributed by atoms with Gasteiger partial charge in [-0.1, -0.05) is 32.0 Å². The van der Waals surface area contributed by atoms with Crippen LogP contribution in [0.5, 0.6) is 0 Å². The second-order valence-corrected chi connectivity index (χ2v) is 6.49. The Bertz CT molecular complexity index is 427. The van der Waals surface area contributed by atoms with Gasteiger partial charge in [0.25, 0.3) is 0 Å². The van der Waals surface area contributed by atoms with Gasteiger partial charge < -0.3 is 10.4 Å². The quantitative estimate of drug-likeness (QED) is 0.831. The van der Waals surface area contributed by atoms with Gasteiger partial charge in [-0.3, -0.25) is 0 Å². The fourth-order valence-electron chi connectivity index (χ4n) is 3.19. The number of nitrogens with one attached hydrogen (secondary N) is 1. The van der Waals surface area contributed by atoms with Crippen molar-refractivity contribution in [1.29, 1.82) is 0 Å². The van der Waals surface area contributed by atoms with Crippen LogP contribution in [0.4, 0.5) is 0 Å². The van der Waals surface area contributed by atoms with E-state index in [1.165, 1.54) is 31.2 Å². The maximum absolute atomic E-state index is 9.19. The zero-order valence-corrected chi connectivity index (χ0v) is 13.2. The Balaban J connectivity index is 2.06. The van der Waals surface area contributed by atoms with Crippen LogP contribution in [0.3, 0.4) is 0 Å². The van der Waals surface area contributed by atoms with E-state index in [2.05, 4.69) is 44.3 Å². The largest absolute Gasteiger partial charge is 0.396 e. The molecule has 0 radical (unpaired) electrons. The first-order chi connectivity index (χ1) is 9.61. The minimum Gasteiger partial charge on any atom is -0.396 e. The van der Waals surface area contributed by atoms with Gasteiger partial charge in [0.1, 0.15) is 0 Å². The molecule has 2 atom stereocenters. The third-order valence-corrected chi connectivity index (χ3v) is 4.58. The molecule has 0 bridgehead atoms. The van der Waals surface area contributed by atoms with Crippen LogP contribution in [-0.4, -0.2) is 17.8 Å². The molecule has 20 heavy (non-hydrogen) atoms. The molecule has 0 amide bonds. The number of rotatable bonds is 6. The van der Waals surface area contributed by atoms with Crippen LogP contribution >= 0.6 is 0 Å². The van der Waals surface area contributed by atoms with Crippen molar-refractivity contribution in [2.75, 3.05) is 6.61 Å². The molecule has 0 fully saturated rings. The van der Waals surface area contributed by atoms with Gasteiger partial charge in [0.05, 0.1) is 0 Å². The van der Waals surface area contributed by atoms with Crippen LogP contribution in [0, 0.1) is 5.92 Å². The van der Waals surface area contributed by atoms with E-state index < -0.39 is 0 Å². The van der Waals surface area contributed by atoms with E-state index >= 15 is 0 Å². The van der Waals surface area contributed by atoms with E-state index in [0.717, 1.165) is 6.42 Å². The average Bonchev–Trinajstić information content (AvgIpc) is 2.46. The van der Waals surface area contributed by atoms with Gasteiger partial charge in [-0.05, 0) is 61.6 Å². The van der Waals surface area contributed by atoms with E-state index in [4.69, 9.17) is 0 Å². The second kappa shape index (κ2) is 7.24. The topological polar surface area (TPSA) is 32.3 Å². The molecule has 0 heterocycles. The highest BCUT2D eigenvalue weighted by molar-refractivity contribution is 5.35. The molecular weight excluding hydrogens is 246 g/mol. The Hall–Kier alpha value is -0.860. The molecule has 1 aromatic rings. The van der Waals surface area contributed by atoms with Crippen molar-refractivity contribution in [3.8, 4) is 0 Å². The highest BCUT2D eigenvalue weighted by Crippen LogP contribution is 2.25. The Morgan fingerprint density at radius 1 is 1.10 bits per heavy atom. The summed E-state index contributed by atoms with van der Waals surface area (Å²) >= 11 is 0. The molecule has 2 rings (SSSR count). The van der Waals surface area contributed by atoms with E-state index in [1.54, 1.807) is 11.1 Å². The van der Waals surface area contributed by atoms with Crippen molar-refractivity contribution in [3.63, 3.8) is 0 Å². The van der Waals surface area contributed by atoms with Crippen LogP contribution in [0.15, 0.2) is 18.2 Å². The zero-order valence-electron chi connectivity index (χ0n) is 13.2. The standard InChI is InChI=1S/C18H29NO/c1-13(2)18(10-11-20)19-14(3)16-9-8-15-6-4-5-7-17(15)12-16/h8-9,12-14,18-20H,4-7,10-11H2,1-3H3. The lowest BCUT2D eigenvalue weighted by Gasteiger charge is -2.27. The molecule has 0 saturated heterocycles. The van der Waals surface area contributed by atoms with Crippen molar-refractivity contribution in [2.45, 2.75) is 65.0 Å². The van der Waals surface area contributed by atoms with Gasteiger partial charge in [-0.2, -0.15) is 0 Å². The number of aryl methyl sites for hydroxylation is 2. The molecule has 0 spiro atoms. The predicted octanol–water partition coefficient (Wildman–Crippen LogP) is 3.62. The minimum absolute atomic E-state index is 0.257. The molecule has 2 heteroatoms. The lowest BCUT2D eigenvalue weighted by Crippen LogP contribution is -2.36. The van der Waals surface area contributed by atoms with E-state index in [9.17, 15) is 5.11 Å². The molecular formula is C18H29NO. The smallest absolute Gasteiger partial charge is 0.0445 e. The van der Waals surface area contributed by atoms with Gasteiger partial charge >= 0.3 is 0 Å². The lowest BCUT2D eigenvalue weighted by molar-refractivity contribution is 0.237. The fourth-order valence-corrected chi connectivity index (χ4v) is 3.19. The van der Waals surface area contributed by atoms with Crippen LogP contribution in [0.2, 0.25) is 0 Å². The average molecular weight is 275 g/mol. The summed E-state index contributed by atoms with van der Waals surface area (Å²) in [5, 5.41) is 12.9. The number of hydrogen-bond donors (Lipinski definition) is 2. The molecule has 1 aliphatic carbocycles. The molecule has 0 saturated carbocycles. The maximum atomic E-state index is 9.19. The highest BCUT2D eigenvalue weighted by atomic mass is 16.3. The summed E-state index contributed by atoms with van der Waals surface area (Å²) in [5.41, 5.74) is 4.47. The number of benzene rings is 1. The monoisotopic (exact) mass is 275 g/mol. The van der Waals surface area contributed by atoms with Crippen LogP contribution in [-0.2, 0) is 12.8 Å². The molecule has 2 N–H and O–H groups in total. The molecule has 112 valence electrons. The zero-order chi connectivity index (χ0) is 14.5. The Morgan fingerprint density at radius 2 is 1.80 bits per heavy atom.